The molecule has 0 aliphatic carbocycles. The largest absolute Gasteiger partial charge is 0.353 e. The van der Waals surface area contributed by atoms with E-state index in [4.69, 9.17) is 0 Å². The summed E-state index contributed by atoms with van der Waals surface area (Å²) in [7, 11) is 0. The van der Waals surface area contributed by atoms with Crippen LogP contribution in [-0.2, 0) is 4.79 Å². The molecule has 0 fully saturated rings. The third-order valence-electron chi connectivity index (χ3n) is 3.44. The lowest BCUT2D eigenvalue weighted by Crippen LogP contribution is -2.36. The molecule has 0 aliphatic rings. The number of hydrogen-bond donors (Lipinski definition) is 2. The maximum Gasteiger partial charge on any atom is 0.269 e. The maximum atomic E-state index is 12.9. The van der Waals surface area contributed by atoms with E-state index in [1.807, 2.05) is 19.9 Å². The lowest BCUT2D eigenvalue weighted by atomic mass is 10.2. The Hall–Kier alpha value is -2.68. The van der Waals surface area contributed by atoms with Gasteiger partial charge in [0.25, 0.3) is 5.56 Å². The fraction of sp³-hybridized carbons (Fsp3) is 0.312. The van der Waals surface area contributed by atoms with E-state index in [1.54, 1.807) is 25.1 Å². The summed E-state index contributed by atoms with van der Waals surface area (Å²) in [6, 6.07) is 7.11. The number of H-pyrrole nitrogens is 1. The molecule has 0 unspecified atom stereocenters. The summed E-state index contributed by atoms with van der Waals surface area (Å²) in [6.07, 6.45) is 1.32. The van der Waals surface area contributed by atoms with Crippen LogP contribution in [0.2, 0.25) is 0 Å². The van der Waals surface area contributed by atoms with Gasteiger partial charge in [0.1, 0.15) is 6.33 Å². The van der Waals surface area contributed by atoms with Crippen molar-refractivity contribution in [3.63, 3.8) is 0 Å². The van der Waals surface area contributed by atoms with Crippen LogP contribution in [0.15, 0.2) is 40.5 Å². The summed E-state index contributed by atoms with van der Waals surface area (Å²) in [5, 5.41) is 9.77. The number of carbonyl (C=O) groups excluding carboxylic acids is 1. The van der Waals surface area contributed by atoms with Gasteiger partial charge in [-0.2, -0.15) is 10.1 Å². The van der Waals surface area contributed by atoms with Gasteiger partial charge in [0.05, 0.1) is 16.2 Å². The van der Waals surface area contributed by atoms with Crippen LogP contribution >= 0.6 is 11.8 Å². The Kier molecular flexibility index (Phi) is 4.84. The van der Waals surface area contributed by atoms with Crippen molar-refractivity contribution < 1.29 is 4.79 Å². The van der Waals surface area contributed by atoms with Gasteiger partial charge in [0.15, 0.2) is 5.16 Å². The second-order valence-corrected chi connectivity index (χ2v) is 7.09. The molecule has 0 saturated heterocycles. The molecule has 0 bridgehead atoms. The van der Waals surface area contributed by atoms with Crippen LogP contribution in [0.4, 0.5) is 0 Å². The van der Waals surface area contributed by atoms with Gasteiger partial charge in [-0.05, 0) is 32.9 Å². The first-order valence-corrected chi connectivity index (χ1v) is 8.70. The number of aromatic amines is 1. The van der Waals surface area contributed by atoms with Crippen molar-refractivity contribution in [3.8, 4) is 5.95 Å². The summed E-state index contributed by atoms with van der Waals surface area (Å²) >= 11 is 1.20. The van der Waals surface area contributed by atoms with Crippen LogP contribution in [0.5, 0.6) is 0 Å². The first-order chi connectivity index (χ1) is 12.0. The predicted molar refractivity (Wildman–Crippen MR) is 95.9 cm³/mol. The number of rotatable bonds is 5. The monoisotopic (exact) mass is 358 g/mol. The highest BCUT2D eigenvalue weighted by molar-refractivity contribution is 8.00. The van der Waals surface area contributed by atoms with E-state index in [0.717, 1.165) is 0 Å². The van der Waals surface area contributed by atoms with Gasteiger partial charge >= 0.3 is 0 Å². The van der Waals surface area contributed by atoms with Crippen LogP contribution in [0.25, 0.3) is 16.9 Å². The molecule has 2 N–H and O–H groups in total. The Morgan fingerprint density at radius 3 is 2.72 bits per heavy atom. The third kappa shape index (κ3) is 3.55. The Morgan fingerprint density at radius 2 is 2.04 bits per heavy atom. The summed E-state index contributed by atoms with van der Waals surface area (Å²) < 4.78 is 1.35. The van der Waals surface area contributed by atoms with Gasteiger partial charge < -0.3 is 5.32 Å². The average molecular weight is 358 g/mol. The molecular weight excluding hydrogens is 340 g/mol. The topological polar surface area (TPSA) is 106 Å². The van der Waals surface area contributed by atoms with Gasteiger partial charge in [-0.3, -0.25) is 9.59 Å². The lowest BCUT2D eigenvalue weighted by molar-refractivity contribution is -0.120. The van der Waals surface area contributed by atoms with Crippen molar-refractivity contribution in [1.82, 2.24) is 30.0 Å². The first kappa shape index (κ1) is 17.2. The van der Waals surface area contributed by atoms with Crippen molar-refractivity contribution in [2.75, 3.05) is 0 Å². The Morgan fingerprint density at radius 1 is 1.28 bits per heavy atom. The molecule has 3 aromatic rings. The SMILES string of the molecule is CC(C)NC(=O)[C@@H](C)Sc1nc2ccccc2c(=O)n1-c1ncn[nH]1. The van der Waals surface area contributed by atoms with Crippen molar-refractivity contribution in [2.24, 2.45) is 0 Å². The lowest BCUT2D eigenvalue weighted by Gasteiger charge is -2.16. The zero-order valence-electron chi connectivity index (χ0n) is 14.1. The molecule has 3 rings (SSSR count). The van der Waals surface area contributed by atoms with E-state index in [0.29, 0.717) is 16.1 Å². The number of fused-ring (bicyclic) bond motifs is 1. The number of nitrogens with zero attached hydrogens (tertiary/aromatic N) is 4. The van der Waals surface area contributed by atoms with Crippen LogP contribution in [0, 0.1) is 0 Å². The third-order valence-corrected chi connectivity index (χ3v) is 4.49. The number of hydrogen-bond acceptors (Lipinski definition) is 6. The zero-order chi connectivity index (χ0) is 18.0. The maximum absolute atomic E-state index is 12.9. The van der Waals surface area contributed by atoms with Gasteiger partial charge in [0, 0.05) is 6.04 Å². The molecule has 25 heavy (non-hydrogen) atoms. The molecule has 8 nitrogen and oxygen atoms in total. The summed E-state index contributed by atoms with van der Waals surface area (Å²) in [6.45, 7) is 5.57. The number of para-hydroxylation sites is 1. The Bertz CT molecular complexity index is 951. The Balaban J connectivity index is 2.08. The molecule has 1 amide bonds. The number of aromatic nitrogens is 5. The number of thioether (sulfide) groups is 1. The molecule has 0 saturated carbocycles. The van der Waals surface area contributed by atoms with E-state index in [-0.39, 0.29) is 23.5 Å². The highest BCUT2D eigenvalue weighted by atomic mass is 32.2. The highest BCUT2D eigenvalue weighted by Gasteiger charge is 2.21. The van der Waals surface area contributed by atoms with Gasteiger partial charge in [-0.1, -0.05) is 23.9 Å². The van der Waals surface area contributed by atoms with Crippen molar-refractivity contribution >= 4 is 28.6 Å². The minimum atomic E-state index is -0.426. The van der Waals surface area contributed by atoms with E-state index in [9.17, 15) is 9.59 Å². The van der Waals surface area contributed by atoms with E-state index in [2.05, 4.69) is 25.5 Å². The summed E-state index contributed by atoms with van der Waals surface area (Å²) in [4.78, 5) is 33.7. The van der Waals surface area contributed by atoms with E-state index < -0.39 is 5.25 Å². The highest BCUT2D eigenvalue weighted by Crippen LogP contribution is 2.24. The average Bonchev–Trinajstić information content (AvgIpc) is 3.08. The molecule has 1 aromatic carbocycles. The normalized spacial score (nSPS) is 12.5. The molecule has 0 spiro atoms. The fourth-order valence-corrected chi connectivity index (χ4v) is 3.22. The number of amides is 1. The standard InChI is InChI=1S/C16H18N6O2S/c1-9(2)19-13(23)10(3)25-16-20-12-7-5-4-6-11(12)14(24)22(16)15-17-8-18-21-15/h4-10H,1-3H3,(H,19,23)(H,17,18,21)/t10-/m1/s1. The van der Waals surface area contributed by atoms with Crippen molar-refractivity contribution in [2.45, 2.75) is 37.2 Å². The minimum Gasteiger partial charge on any atom is -0.353 e. The van der Waals surface area contributed by atoms with Crippen LogP contribution < -0.4 is 10.9 Å². The molecule has 0 aliphatic heterocycles. The molecule has 2 heterocycles. The zero-order valence-corrected chi connectivity index (χ0v) is 14.9. The van der Waals surface area contributed by atoms with Crippen LogP contribution in [0.3, 0.4) is 0 Å². The quantitative estimate of drug-likeness (QED) is 0.529. The first-order valence-electron chi connectivity index (χ1n) is 7.82. The minimum absolute atomic E-state index is 0.0385. The van der Waals surface area contributed by atoms with Crippen LogP contribution in [0.1, 0.15) is 20.8 Å². The van der Waals surface area contributed by atoms with Crippen molar-refractivity contribution in [3.05, 3.63) is 40.9 Å². The molecule has 130 valence electrons. The summed E-state index contributed by atoms with van der Waals surface area (Å²) in [5.74, 6) is 0.147. The van der Waals surface area contributed by atoms with Gasteiger partial charge in [0.2, 0.25) is 11.9 Å². The number of nitrogens with one attached hydrogen (secondary N) is 2. The second kappa shape index (κ2) is 7.06. The number of carbonyl (C=O) groups is 1. The molecule has 2 aromatic heterocycles. The van der Waals surface area contributed by atoms with Crippen molar-refractivity contribution in [1.29, 1.82) is 0 Å². The molecule has 9 heteroatoms. The van der Waals surface area contributed by atoms with E-state index in [1.165, 1.54) is 22.7 Å². The number of benzene rings is 1. The Labute approximate surface area is 148 Å². The molecule has 1 atom stereocenters. The molecular formula is C16H18N6O2S. The van der Waals surface area contributed by atoms with E-state index >= 15 is 0 Å². The summed E-state index contributed by atoms with van der Waals surface area (Å²) in [5.41, 5.74) is 0.309. The second-order valence-electron chi connectivity index (χ2n) is 5.78. The molecule has 0 radical (unpaired) electrons. The van der Waals surface area contributed by atoms with Gasteiger partial charge in [-0.25, -0.2) is 14.6 Å². The van der Waals surface area contributed by atoms with Crippen LogP contribution in [-0.4, -0.2) is 41.9 Å². The fourth-order valence-electron chi connectivity index (χ4n) is 2.30. The van der Waals surface area contributed by atoms with Gasteiger partial charge in [-0.15, -0.1) is 0 Å². The predicted octanol–water partition coefficient (Wildman–Crippen LogP) is 1.51. The smallest absolute Gasteiger partial charge is 0.269 e.